The molecule has 2 aliphatic heterocycles. The molecule has 0 saturated carbocycles. The summed E-state index contributed by atoms with van der Waals surface area (Å²) >= 11 is 0. The standard InChI is InChI=1S/C32H23F4N5O3/c33-31(34)24-11-17(5-7-27(24)40-29(31)42)18-10-22(15-37-13-18)44-16-21(9-19-14-38-26-4-2-1-3-23(19)26)39-20-6-8-28-25(12-20)32(35,36)30(43)41-28/h1-8,10-15,21,38-39H,9,16H2,(H,40,42)(H,41,43)/t21-/m0/s1. The quantitative estimate of drug-likeness (QED) is 0.154. The Kier molecular flexibility index (Phi) is 6.31. The highest BCUT2D eigenvalue weighted by atomic mass is 19.3. The fourth-order valence-corrected chi connectivity index (χ4v) is 5.55. The van der Waals surface area contributed by atoms with Gasteiger partial charge in [-0.05, 0) is 60.0 Å². The van der Waals surface area contributed by atoms with Crippen molar-refractivity contribution in [3.8, 4) is 16.9 Å². The van der Waals surface area contributed by atoms with Crippen molar-refractivity contribution >= 4 is 39.8 Å². The number of aromatic amines is 1. The van der Waals surface area contributed by atoms with Gasteiger partial charge in [0.2, 0.25) is 0 Å². The molecular formula is C32H23F4N5O3. The first kappa shape index (κ1) is 27.4. The molecule has 0 saturated heterocycles. The van der Waals surface area contributed by atoms with Gasteiger partial charge in [0.15, 0.2) is 0 Å². The molecule has 2 aromatic heterocycles. The van der Waals surface area contributed by atoms with E-state index in [2.05, 4.69) is 25.9 Å². The first-order valence-electron chi connectivity index (χ1n) is 13.7. The van der Waals surface area contributed by atoms with Crippen LogP contribution in [0.25, 0.3) is 22.0 Å². The lowest BCUT2D eigenvalue weighted by molar-refractivity contribution is -0.139. The smallest absolute Gasteiger partial charge is 0.352 e. The molecule has 0 aliphatic carbocycles. The third-order valence-corrected chi connectivity index (χ3v) is 7.79. The molecular weight excluding hydrogens is 578 g/mol. The zero-order valence-corrected chi connectivity index (χ0v) is 22.8. The largest absolute Gasteiger partial charge is 0.490 e. The Morgan fingerprint density at radius 3 is 2.30 bits per heavy atom. The molecule has 4 heterocycles. The average molecular weight is 602 g/mol. The first-order chi connectivity index (χ1) is 21.1. The van der Waals surface area contributed by atoms with Crippen LogP contribution < -0.4 is 20.7 Å². The molecule has 4 N–H and O–H groups in total. The molecule has 222 valence electrons. The summed E-state index contributed by atoms with van der Waals surface area (Å²) in [6.07, 6.45) is 5.30. The second-order valence-electron chi connectivity index (χ2n) is 10.7. The topological polar surface area (TPSA) is 108 Å². The zero-order valence-electron chi connectivity index (χ0n) is 22.8. The minimum atomic E-state index is -3.65. The number of nitrogens with one attached hydrogen (secondary N) is 4. The van der Waals surface area contributed by atoms with Crippen LogP contribution in [0.15, 0.2) is 85.3 Å². The van der Waals surface area contributed by atoms with E-state index < -0.39 is 40.8 Å². The van der Waals surface area contributed by atoms with Gasteiger partial charge in [-0.15, -0.1) is 0 Å². The number of ether oxygens (including phenoxy) is 1. The summed E-state index contributed by atoms with van der Waals surface area (Å²) in [4.78, 5) is 30.8. The number of pyridine rings is 1. The van der Waals surface area contributed by atoms with E-state index in [1.165, 1.54) is 36.7 Å². The van der Waals surface area contributed by atoms with Crippen LogP contribution >= 0.6 is 0 Å². The minimum absolute atomic E-state index is 0.0553. The van der Waals surface area contributed by atoms with Crippen molar-refractivity contribution < 1.29 is 31.9 Å². The molecule has 0 spiro atoms. The predicted octanol–water partition coefficient (Wildman–Crippen LogP) is 6.42. The van der Waals surface area contributed by atoms with Crippen LogP contribution in [0.5, 0.6) is 5.75 Å². The summed E-state index contributed by atoms with van der Waals surface area (Å²) in [6.45, 7) is 0.0793. The van der Waals surface area contributed by atoms with Crippen molar-refractivity contribution in [3.63, 3.8) is 0 Å². The normalized spacial score (nSPS) is 16.6. The summed E-state index contributed by atoms with van der Waals surface area (Å²) < 4.78 is 63.8. The van der Waals surface area contributed by atoms with Gasteiger partial charge >= 0.3 is 11.8 Å². The summed E-state index contributed by atoms with van der Waals surface area (Å²) in [5.74, 6) is -9.68. The van der Waals surface area contributed by atoms with E-state index in [-0.39, 0.29) is 18.0 Å². The Labute approximate surface area is 247 Å². The van der Waals surface area contributed by atoms with E-state index in [4.69, 9.17) is 4.74 Å². The van der Waals surface area contributed by atoms with Gasteiger partial charge in [-0.1, -0.05) is 24.3 Å². The highest BCUT2D eigenvalue weighted by molar-refractivity contribution is 6.05. The van der Waals surface area contributed by atoms with Gasteiger partial charge in [0.05, 0.1) is 34.7 Å². The lowest BCUT2D eigenvalue weighted by Crippen LogP contribution is -2.29. The molecule has 2 amide bonds. The molecule has 8 nitrogen and oxygen atoms in total. The number of rotatable bonds is 8. The number of H-pyrrole nitrogens is 1. The number of benzene rings is 3. The van der Waals surface area contributed by atoms with Crippen LogP contribution in [0.4, 0.5) is 34.6 Å². The number of carbonyl (C=O) groups is 2. The predicted molar refractivity (Wildman–Crippen MR) is 156 cm³/mol. The summed E-state index contributed by atoms with van der Waals surface area (Å²) in [6, 6.07) is 17.5. The number of nitrogens with zero attached hydrogens (tertiary/aromatic N) is 1. The van der Waals surface area contributed by atoms with Crippen LogP contribution in [-0.4, -0.2) is 34.4 Å². The number of aromatic nitrogens is 2. The molecule has 7 rings (SSSR count). The van der Waals surface area contributed by atoms with E-state index >= 15 is 0 Å². The van der Waals surface area contributed by atoms with Crippen molar-refractivity contribution in [3.05, 3.63) is 102 Å². The van der Waals surface area contributed by atoms with Gasteiger partial charge in [0.25, 0.3) is 11.8 Å². The van der Waals surface area contributed by atoms with Crippen LogP contribution in [0.1, 0.15) is 16.7 Å². The zero-order chi connectivity index (χ0) is 30.6. The number of hydrogen-bond acceptors (Lipinski definition) is 5. The highest BCUT2D eigenvalue weighted by Crippen LogP contribution is 2.43. The summed E-state index contributed by atoms with van der Waals surface area (Å²) in [5, 5.41) is 8.64. The van der Waals surface area contributed by atoms with Crippen LogP contribution in [-0.2, 0) is 27.9 Å². The molecule has 0 unspecified atom stereocenters. The van der Waals surface area contributed by atoms with Gasteiger partial charge in [-0.25, -0.2) is 0 Å². The van der Waals surface area contributed by atoms with Crippen molar-refractivity contribution in [1.82, 2.24) is 9.97 Å². The summed E-state index contributed by atoms with van der Waals surface area (Å²) in [7, 11) is 0. The van der Waals surface area contributed by atoms with Gasteiger partial charge in [-0.3, -0.25) is 14.6 Å². The third kappa shape index (κ3) is 4.68. The van der Waals surface area contributed by atoms with Gasteiger partial charge in [-0.2, -0.15) is 17.6 Å². The maximum absolute atomic E-state index is 14.5. The van der Waals surface area contributed by atoms with Crippen molar-refractivity contribution in [2.45, 2.75) is 24.3 Å². The van der Waals surface area contributed by atoms with E-state index in [0.717, 1.165) is 16.5 Å². The first-order valence-corrected chi connectivity index (χ1v) is 13.7. The van der Waals surface area contributed by atoms with Gasteiger partial charge in [0.1, 0.15) is 12.4 Å². The number of fused-ring (bicyclic) bond motifs is 3. The van der Waals surface area contributed by atoms with E-state index in [0.29, 0.717) is 29.0 Å². The van der Waals surface area contributed by atoms with Crippen molar-refractivity contribution in [1.29, 1.82) is 0 Å². The lowest BCUT2D eigenvalue weighted by atomic mass is 10.0. The number of anilines is 3. The van der Waals surface area contributed by atoms with Gasteiger partial charge < -0.3 is 25.7 Å². The molecule has 5 aromatic rings. The molecule has 44 heavy (non-hydrogen) atoms. The number of halogens is 4. The second kappa shape index (κ2) is 10.1. The minimum Gasteiger partial charge on any atom is -0.490 e. The number of amides is 2. The SMILES string of the molecule is O=C1Nc2ccc(N[C@H](COc3cncc(-c4ccc5c(c4)C(F)(F)C(=O)N5)c3)Cc3c[nH]c4ccccc34)cc2C1(F)F. The molecule has 0 fully saturated rings. The van der Waals surface area contributed by atoms with Gasteiger partial charge in [0, 0.05) is 34.5 Å². The maximum atomic E-state index is 14.5. The van der Waals surface area contributed by atoms with Crippen LogP contribution in [0, 0.1) is 0 Å². The Balaban J connectivity index is 1.15. The second-order valence-corrected chi connectivity index (χ2v) is 10.7. The molecule has 2 aliphatic rings. The van der Waals surface area contributed by atoms with Crippen molar-refractivity contribution in [2.75, 3.05) is 22.6 Å². The molecule has 0 bridgehead atoms. The Hall–Kier alpha value is -5.39. The Bertz CT molecular complexity index is 1960. The molecule has 1 atom stereocenters. The number of para-hydroxylation sites is 1. The fraction of sp³-hybridized carbons (Fsp3) is 0.156. The molecule has 12 heteroatoms. The van der Waals surface area contributed by atoms with E-state index in [1.54, 1.807) is 18.2 Å². The van der Waals surface area contributed by atoms with E-state index in [9.17, 15) is 27.2 Å². The highest BCUT2D eigenvalue weighted by Gasteiger charge is 2.49. The number of carbonyl (C=O) groups excluding carboxylic acids is 2. The average Bonchev–Trinajstić information content (AvgIpc) is 3.60. The number of alkyl halides is 4. The van der Waals surface area contributed by atoms with E-state index in [1.807, 2.05) is 30.5 Å². The van der Waals surface area contributed by atoms with Crippen LogP contribution in [0.2, 0.25) is 0 Å². The maximum Gasteiger partial charge on any atom is 0.352 e. The third-order valence-electron chi connectivity index (χ3n) is 7.79. The molecule has 0 radical (unpaired) electrons. The van der Waals surface area contributed by atoms with Crippen LogP contribution in [0.3, 0.4) is 0 Å². The van der Waals surface area contributed by atoms with Crippen molar-refractivity contribution in [2.24, 2.45) is 0 Å². The monoisotopic (exact) mass is 601 g/mol. The molecule has 3 aromatic carbocycles. The summed E-state index contributed by atoms with van der Waals surface area (Å²) in [5.41, 5.74) is 2.51. The fourth-order valence-electron chi connectivity index (χ4n) is 5.55. The Morgan fingerprint density at radius 1 is 0.818 bits per heavy atom. The lowest BCUT2D eigenvalue weighted by Gasteiger charge is -2.21. The number of hydrogen-bond donors (Lipinski definition) is 4. The Morgan fingerprint density at radius 2 is 1.52 bits per heavy atom.